The Hall–Kier alpha value is -1.80. The summed E-state index contributed by atoms with van der Waals surface area (Å²) >= 11 is 0. The molecule has 2 aromatic carbocycles. The Labute approximate surface area is 128 Å². The van der Waals surface area contributed by atoms with E-state index in [1.807, 2.05) is 7.05 Å². The lowest BCUT2D eigenvalue weighted by atomic mass is 10.1. The van der Waals surface area contributed by atoms with Crippen LogP contribution in [-0.4, -0.2) is 13.7 Å². The van der Waals surface area contributed by atoms with E-state index >= 15 is 0 Å². The molecule has 1 unspecified atom stereocenters. The van der Waals surface area contributed by atoms with E-state index in [2.05, 4.69) is 67.7 Å². The van der Waals surface area contributed by atoms with Gasteiger partial charge in [-0.05, 0) is 43.7 Å². The summed E-state index contributed by atoms with van der Waals surface area (Å²) in [5, 5.41) is 3.31. The molecule has 0 radical (unpaired) electrons. The Balaban J connectivity index is 1.94. The smallest absolute Gasteiger partial charge is 0.119 e. The van der Waals surface area contributed by atoms with Crippen molar-refractivity contribution in [1.82, 2.24) is 5.32 Å². The van der Waals surface area contributed by atoms with Gasteiger partial charge in [-0.15, -0.1) is 0 Å². The van der Waals surface area contributed by atoms with Crippen LogP contribution in [0.3, 0.4) is 0 Å². The third-order valence-electron chi connectivity index (χ3n) is 3.71. The van der Waals surface area contributed by atoms with Crippen LogP contribution in [0, 0.1) is 6.92 Å². The van der Waals surface area contributed by atoms with Gasteiger partial charge in [-0.1, -0.05) is 55.3 Å². The van der Waals surface area contributed by atoms with E-state index in [0.717, 1.165) is 12.2 Å². The monoisotopic (exact) mass is 283 g/mol. The van der Waals surface area contributed by atoms with E-state index in [1.165, 1.54) is 23.1 Å². The number of nitrogens with one attached hydrogen (secondary N) is 1. The predicted molar refractivity (Wildman–Crippen MR) is 88.9 cm³/mol. The molecule has 21 heavy (non-hydrogen) atoms. The van der Waals surface area contributed by atoms with Crippen LogP contribution in [0.25, 0.3) is 0 Å². The average Bonchev–Trinajstić information content (AvgIpc) is 2.51. The van der Waals surface area contributed by atoms with Gasteiger partial charge in [-0.25, -0.2) is 0 Å². The molecule has 0 saturated heterocycles. The normalized spacial score (nSPS) is 12.1. The van der Waals surface area contributed by atoms with Crippen molar-refractivity contribution in [2.24, 2.45) is 0 Å². The number of ether oxygens (including phenoxy) is 1. The van der Waals surface area contributed by atoms with E-state index in [0.29, 0.717) is 6.61 Å². The van der Waals surface area contributed by atoms with Crippen molar-refractivity contribution >= 4 is 0 Å². The quantitative estimate of drug-likeness (QED) is 0.818. The molecule has 0 bridgehead atoms. The Bertz CT molecular complexity index is 530. The van der Waals surface area contributed by atoms with Gasteiger partial charge in [-0.3, -0.25) is 0 Å². The van der Waals surface area contributed by atoms with Crippen molar-refractivity contribution in [3.8, 4) is 5.75 Å². The molecule has 0 aliphatic heterocycles. The minimum atomic E-state index is 0.209. The highest BCUT2D eigenvalue weighted by atomic mass is 16.5. The van der Waals surface area contributed by atoms with Crippen molar-refractivity contribution in [3.05, 3.63) is 65.2 Å². The highest BCUT2D eigenvalue weighted by Crippen LogP contribution is 2.18. The molecular weight excluding hydrogens is 258 g/mol. The van der Waals surface area contributed by atoms with Crippen molar-refractivity contribution in [3.63, 3.8) is 0 Å². The molecule has 2 heteroatoms. The summed E-state index contributed by atoms with van der Waals surface area (Å²) in [6.07, 6.45) is 2.30. The maximum absolute atomic E-state index is 5.91. The van der Waals surface area contributed by atoms with E-state index < -0.39 is 0 Å². The van der Waals surface area contributed by atoms with Gasteiger partial charge >= 0.3 is 0 Å². The molecule has 0 fully saturated rings. The van der Waals surface area contributed by atoms with Crippen molar-refractivity contribution in [1.29, 1.82) is 0 Å². The maximum atomic E-state index is 5.91. The average molecular weight is 283 g/mol. The van der Waals surface area contributed by atoms with Gasteiger partial charge in [0.2, 0.25) is 0 Å². The summed E-state index contributed by atoms with van der Waals surface area (Å²) in [6, 6.07) is 17.2. The Morgan fingerprint density at radius 1 is 1.00 bits per heavy atom. The first-order chi connectivity index (χ1) is 10.2. The van der Waals surface area contributed by atoms with E-state index in [9.17, 15) is 0 Å². The van der Waals surface area contributed by atoms with Gasteiger partial charge in [0, 0.05) is 0 Å². The lowest BCUT2D eigenvalue weighted by molar-refractivity contribution is 0.273. The molecule has 2 rings (SSSR count). The van der Waals surface area contributed by atoms with Gasteiger partial charge in [-0.2, -0.15) is 0 Å². The topological polar surface area (TPSA) is 21.3 Å². The molecule has 0 heterocycles. The van der Waals surface area contributed by atoms with Crippen LogP contribution in [0.1, 0.15) is 36.1 Å². The van der Waals surface area contributed by atoms with Gasteiger partial charge in [0.15, 0.2) is 0 Å². The number of likely N-dealkylation sites (N-methyl/N-ethyl adjacent to an activating group) is 1. The Kier molecular flexibility index (Phi) is 5.82. The molecule has 0 aliphatic rings. The summed E-state index contributed by atoms with van der Waals surface area (Å²) in [5.41, 5.74) is 3.90. The molecule has 0 aliphatic carbocycles. The lowest BCUT2D eigenvalue weighted by Gasteiger charge is -2.18. The van der Waals surface area contributed by atoms with Crippen molar-refractivity contribution < 1.29 is 4.74 Å². The number of rotatable bonds is 7. The zero-order valence-electron chi connectivity index (χ0n) is 13.2. The van der Waals surface area contributed by atoms with Crippen LogP contribution >= 0.6 is 0 Å². The fraction of sp³-hybridized carbons (Fsp3) is 0.368. The molecule has 2 nitrogen and oxygen atoms in total. The third kappa shape index (κ3) is 4.61. The van der Waals surface area contributed by atoms with Crippen LogP contribution in [0.15, 0.2) is 48.5 Å². The second-order valence-corrected chi connectivity index (χ2v) is 5.46. The fourth-order valence-electron chi connectivity index (χ4n) is 2.37. The zero-order chi connectivity index (χ0) is 15.1. The van der Waals surface area contributed by atoms with Gasteiger partial charge in [0.25, 0.3) is 0 Å². The molecule has 1 atom stereocenters. The zero-order valence-corrected chi connectivity index (χ0v) is 13.2. The number of hydrogen-bond acceptors (Lipinski definition) is 2. The second-order valence-electron chi connectivity index (χ2n) is 5.46. The summed E-state index contributed by atoms with van der Waals surface area (Å²) in [7, 11) is 1.97. The molecule has 0 aromatic heterocycles. The van der Waals surface area contributed by atoms with Crippen LogP contribution in [0.2, 0.25) is 0 Å². The maximum Gasteiger partial charge on any atom is 0.119 e. The summed E-state index contributed by atoms with van der Waals surface area (Å²) in [6.45, 7) is 4.93. The summed E-state index contributed by atoms with van der Waals surface area (Å²) in [4.78, 5) is 0. The lowest BCUT2D eigenvalue weighted by Crippen LogP contribution is -2.23. The van der Waals surface area contributed by atoms with E-state index in [4.69, 9.17) is 4.74 Å². The first-order valence-corrected chi connectivity index (χ1v) is 7.68. The minimum Gasteiger partial charge on any atom is -0.492 e. The van der Waals surface area contributed by atoms with E-state index in [-0.39, 0.29) is 6.04 Å². The number of benzene rings is 2. The Morgan fingerprint density at radius 3 is 2.24 bits per heavy atom. The molecule has 1 N–H and O–H groups in total. The molecule has 112 valence electrons. The van der Waals surface area contributed by atoms with E-state index in [1.54, 1.807) is 0 Å². The van der Waals surface area contributed by atoms with Gasteiger partial charge in [0.1, 0.15) is 12.4 Å². The molecule has 0 saturated carbocycles. The predicted octanol–water partition coefficient (Wildman–Crippen LogP) is 4.29. The molecular formula is C19H25NO. The largest absolute Gasteiger partial charge is 0.492 e. The van der Waals surface area contributed by atoms with Crippen molar-refractivity contribution in [2.75, 3.05) is 13.7 Å². The fourth-order valence-corrected chi connectivity index (χ4v) is 2.37. The molecule has 0 spiro atoms. The standard InChI is InChI=1S/C19H25NO/c1-4-5-16-8-12-18(13-9-16)21-14-19(20-3)17-10-6-15(2)7-11-17/h6-13,19-20H,4-5,14H2,1-3H3. The molecule has 0 amide bonds. The highest BCUT2D eigenvalue weighted by molar-refractivity contribution is 5.28. The van der Waals surface area contributed by atoms with Gasteiger partial charge in [0.05, 0.1) is 6.04 Å². The molecule has 2 aromatic rings. The van der Waals surface area contributed by atoms with Crippen LogP contribution in [0.4, 0.5) is 0 Å². The number of aryl methyl sites for hydroxylation is 2. The minimum absolute atomic E-state index is 0.209. The second kappa shape index (κ2) is 7.84. The SMILES string of the molecule is CCCc1ccc(OCC(NC)c2ccc(C)cc2)cc1. The first-order valence-electron chi connectivity index (χ1n) is 7.68. The Morgan fingerprint density at radius 2 is 1.67 bits per heavy atom. The van der Waals surface area contributed by atoms with Crippen LogP contribution in [-0.2, 0) is 6.42 Å². The van der Waals surface area contributed by atoms with Crippen LogP contribution < -0.4 is 10.1 Å². The number of hydrogen-bond donors (Lipinski definition) is 1. The third-order valence-corrected chi connectivity index (χ3v) is 3.71. The summed E-state index contributed by atoms with van der Waals surface area (Å²) < 4.78 is 5.91. The van der Waals surface area contributed by atoms with Gasteiger partial charge < -0.3 is 10.1 Å². The first kappa shape index (κ1) is 15.6. The summed E-state index contributed by atoms with van der Waals surface area (Å²) in [5.74, 6) is 0.933. The highest BCUT2D eigenvalue weighted by Gasteiger charge is 2.09. The van der Waals surface area contributed by atoms with Crippen molar-refractivity contribution in [2.45, 2.75) is 32.7 Å². The van der Waals surface area contributed by atoms with Crippen LogP contribution in [0.5, 0.6) is 5.75 Å².